The number of hydrogen-bond acceptors (Lipinski definition) is 3. The summed E-state index contributed by atoms with van der Waals surface area (Å²) in [7, 11) is 0. The van der Waals surface area contributed by atoms with Gasteiger partial charge in [-0.15, -0.1) is 0 Å². The number of nitrogens with zero attached hydrogens (tertiary/aromatic N) is 1. The number of carbonyl (C=O) groups excluding carboxylic acids is 1. The molecule has 3 unspecified atom stereocenters. The van der Waals surface area contributed by atoms with Gasteiger partial charge in [-0.2, -0.15) is 0 Å². The van der Waals surface area contributed by atoms with Crippen LogP contribution in [0.3, 0.4) is 0 Å². The van der Waals surface area contributed by atoms with Gasteiger partial charge in [0, 0.05) is 24.2 Å². The van der Waals surface area contributed by atoms with Crippen LogP contribution in [0.2, 0.25) is 0 Å². The van der Waals surface area contributed by atoms with Crippen molar-refractivity contribution in [3.8, 4) is 0 Å². The first-order chi connectivity index (χ1) is 8.93. The molecule has 0 aromatic carbocycles. The van der Waals surface area contributed by atoms with Crippen molar-refractivity contribution in [3.05, 3.63) is 0 Å². The summed E-state index contributed by atoms with van der Waals surface area (Å²) in [6, 6.07) is 1.05. The molecule has 0 saturated carbocycles. The van der Waals surface area contributed by atoms with E-state index in [1.54, 1.807) is 0 Å². The van der Waals surface area contributed by atoms with Crippen molar-refractivity contribution in [3.63, 3.8) is 0 Å². The molecular formula is C15H29N3O. The first-order valence-corrected chi connectivity index (χ1v) is 7.75. The minimum Gasteiger partial charge on any atom is -0.350 e. The molecule has 0 spiro atoms. The monoisotopic (exact) mass is 267 g/mol. The Bertz CT molecular complexity index is 329. The summed E-state index contributed by atoms with van der Waals surface area (Å²) < 4.78 is 0. The Kier molecular flexibility index (Phi) is 4.51. The average Bonchev–Trinajstić information content (AvgIpc) is 2.93. The minimum atomic E-state index is -0.109. The van der Waals surface area contributed by atoms with E-state index in [0.717, 1.165) is 6.42 Å². The van der Waals surface area contributed by atoms with E-state index in [1.807, 2.05) is 6.92 Å². The van der Waals surface area contributed by atoms with E-state index in [2.05, 4.69) is 36.3 Å². The minimum absolute atomic E-state index is 0.101. The summed E-state index contributed by atoms with van der Waals surface area (Å²) in [4.78, 5) is 14.8. The molecule has 110 valence electrons. The van der Waals surface area contributed by atoms with Gasteiger partial charge >= 0.3 is 0 Å². The zero-order chi connectivity index (χ0) is 14.0. The second-order valence-corrected chi connectivity index (χ2v) is 6.76. The standard InChI is InChI=1S/C15H29N3O/c1-5-15(3,4)17-14(19)11(2)16-12-8-10-18-9-6-7-13(12)18/h11-13,16H,5-10H2,1-4H3,(H,17,19). The van der Waals surface area contributed by atoms with Gasteiger partial charge in [-0.1, -0.05) is 6.92 Å². The highest BCUT2D eigenvalue weighted by Gasteiger charge is 2.38. The van der Waals surface area contributed by atoms with Crippen LogP contribution in [0.15, 0.2) is 0 Å². The zero-order valence-corrected chi connectivity index (χ0v) is 12.8. The molecule has 3 atom stereocenters. The molecule has 2 aliphatic rings. The summed E-state index contributed by atoms with van der Waals surface area (Å²) >= 11 is 0. The normalized spacial score (nSPS) is 29.3. The molecule has 1 amide bonds. The fourth-order valence-corrected chi connectivity index (χ4v) is 3.20. The molecular weight excluding hydrogens is 238 g/mol. The van der Waals surface area contributed by atoms with Crippen LogP contribution in [-0.4, -0.2) is 47.6 Å². The Morgan fingerprint density at radius 3 is 2.79 bits per heavy atom. The van der Waals surface area contributed by atoms with Crippen LogP contribution in [0.4, 0.5) is 0 Å². The maximum atomic E-state index is 12.2. The van der Waals surface area contributed by atoms with Crippen LogP contribution in [0.5, 0.6) is 0 Å². The quantitative estimate of drug-likeness (QED) is 0.793. The van der Waals surface area contributed by atoms with Crippen LogP contribution >= 0.6 is 0 Å². The van der Waals surface area contributed by atoms with Crippen LogP contribution in [0, 0.1) is 0 Å². The predicted molar refractivity (Wildman–Crippen MR) is 78.1 cm³/mol. The summed E-state index contributed by atoms with van der Waals surface area (Å²) in [6.07, 6.45) is 4.73. The number of rotatable bonds is 5. The molecule has 0 radical (unpaired) electrons. The number of amides is 1. The fraction of sp³-hybridized carbons (Fsp3) is 0.933. The Balaban J connectivity index is 1.83. The van der Waals surface area contributed by atoms with E-state index in [0.29, 0.717) is 12.1 Å². The second-order valence-electron chi connectivity index (χ2n) is 6.76. The first-order valence-electron chi connectivity index (χ1n) is 7.75. The zero-order valence-electron chi connectivity index (χ0n) is 12.8. The maximum Gasteiger partial charge on any atom is 0.237 e. The molecule has 2 fully saturated rings. The van der Waals surface area contributed by atoms with Gasteiger partial charge in [-0.3, -0.25) is 9.69 Å². The fourth-order valence-electron chi connectivity index (χ4n) is 3.20. The number of fused-ring (bicyclic) bond motifs is 1. The van der Waals surface area contributed by atoms with Crippen molar-refractivity contribution in [1.82, 2.24) is 15.5 Å². The van der Waals surface area contributed by atoms with E-state index in [9.17, 15) is 4.79 Å². The Morgan fingerprint density at radius 1 is 1.37 bits per heavy atom. The molecule has 0 bridgehead atoms. The SMILES string of the molecule is CCC(C)(C)NC(=O)C(C)NC1CCN2CCCC12. The van der Waals surface area contributed by atoms with Crippen molar-refractivity contribution in [1.29, 1.82) is 0 Å². The highest BCUT2D eigenvalue weighted by Crippen LogP contribution is 2.28. The van der Waals surface area contributed by atoms with E-state index in [1.165, 1.54) is 32.4 Å². The maximum absolute atomic E-state index is 12.2. The highest BCUT2D eigenvalue weighted by atomic mass is 16.2. The van der Waals surface area contributed by atoms with Crippen LogP contribution < -0.4 is 10.6 Å². The van der Waals surface area contributed by atoms with Crippen molar-refractivity contribution in [2.24, 2.45) is 0 Å². The van der Waals surface area contributed by atoms with Gasteiger partial charge in [0.15, 0.2) is 0 Å². The van der Waals surface area contributed by atoms with Gasteiger partial charge in [-0.05, 0) is 53.0 Å². The lowest BCUT2D eigenvalue weighted by molar-refractivity contribution is -0.124. The van der Waals surface area contributed by atoms with Gasteiger partial charge in [-0.25, -0.2) is 0 Å². The predicted octanol–water partition coefficient (Wildman–Crippen LogP) is 1.51. The van der Waals surface area contributed by atoms with E-state index in [-0.39, 0.29) is 17.5 Å². The molecule has 4 nitrogen and oxygen atoms in total. The number of nitrogens with one attached hydrogen (secondary N) is 2. The first kappa shape index (κ1) is 14.8. The highest BCUT2D eigenvalue weighted by molar-refractivity contribution is 5.82. The van der Waals surface area contributed by atoms with E-state index in [4.69, 9.17) is 0 Å². The van der Waals surface area contributed by atoms with E-state index >= 15 is 0 Å². The second kappa shape index (κ2) is 5.80. The average molecular weight is 267 g/mol. The topological polar surface area (TPSA) is 44.4 Å². The Labute approximate surface area is 117 Å². The third-order valence-corrected chi connectivity index (χ3v) is 4.81. The molecule has 2 rings (SSSR count). The third kappa shape index (κ3) is 3.48. The summed E-state index contributed by atoms with van der Waals surface area (Å²) in [5.41, 5.74) is -0.109. The molecule has 0 aromatic heterocycles. The largest absolute Gasteiger partial charge is 0.350 e. The van der Waals surface area contributed by atoms with Gasteiger partial charge in [0.2, 0.25) is 5.91 Å². The van der Waals surface area contributed by atoms with Crippen molar-refractivity contribution >= 4 is 5.91 Å². The lowest BCUT2D eigenvalue weighted by atomic mass is 10.0. The van der Waals surface area contributed by atoms with Crippen LogP contribution in [0.1, 0.15) is 53.4 Å². The molecule has 0 aliphatic carbocycles. The lowest BCUT2D eigenvalue weighted by Crippen LogP contribution is -2.54. The van der Waals surface area contributed by atoms with Gasteiger partial charge < -0.3 is 10.6 Å². The molecule has 2 N–H and O–H groups in total. The lowest BCUT2D eigenvalue weighted by Gasteiger charge is -2.29. The van der Waals surface area contributed by atoms with Crippen LogP contribution in [-0.2, 0) is 4.79 Å². The summed E-state index contributed by atoms with van der Waals surface area (Å²) in [5.74, 6) is 0.128. The van der Waals surface area contributed by atoms with Gasteiger partial charge in [0.25, 0.3) is 0 Å². The van der Waals surface area contributed by atoms with Crippen molar-refractivity contribution < 1.29 is 4.79 Å². The molecule has 4 heteroatoms. The molecule has 0 aromatic rings. The van der Waals surface area contributed by atoms with Gasteiger partial charge in [0.1, 0.15) is 0 Å². The molecule has 2 heterocycles. The molecule has 2 aliphatic heterocycles. The molecule has 19 heavy (non-hydrogen) atoms. The van der Waals surface area contributed by atoms with Gasteiger partial charge in [0.05, 0.1) is 6.04 Å². The smallest absolute Gasteiger partial charge is 0.237 e. The van der Waals surface area contributed by atoms with E-state index < -0.39 is 0 Å². The third-order valence-electron chi connectivity index (χ3n) is 4.81. The van der Waals surface area contributed by atoms with Crippen LogP contribution in [0.25, 0.3) is 0 Å². The number of hydrogen-bond donors (Lipinski definition) is 2. The van der Waals surface area contributed by atoms with Crippen molar-refractivity contribution in [2.75, 3.05) is 13.1 Å². The Hall–Kier alpha value is -0.610. The summed E-state index contributed by atoms with van der Waals surface area (Å²) in [5, 5.41) is 6.67. The number of carbonyl (C=O) groups is 1. The molecule has 2 saturated heterocycles. The van der Waals surface area contributed by atoms with Crippen molar-refractivity contribution in [2.45, 2.75) is 77.0 Å². The summed E-state index contributed by atoms with van der Waals surface area (Å²) in [6.45, 7) is 10.7. The Morgan fingerprint density at radius 2 is 2.11 bits per heavy atom.